The number of aromatic nitrogens is 2. The van der Waals surface area contributed by atoms with Crippen LogP contribution in [-0.4, -0.2) is 15.2 Å². The Kier molecular flexibility index (Phi) is 3.90. The minimum Gasteiger partial charge on any atom is -0.507 e. The first-order valence-corrected chi connectivity index (χ1v) is 7.50. The summed E-state index contributed by atoms with van der Waals surface area (Å²) in [5.74, 6) is 0.924. The van der Waals surface area contributed by atoms with E-state index in [1.807, 2.05) is 0 Å². The standard InChI is InChI=1S/C16H19FN2O2/c1-2-10-5-3-6-11(9-10)15-18-16(21-19-15)14-12(17)7-4-8-13(14)20/h4,7-8,10-11,20H,2-3,5-6,9H2,1H3. The number of rotatable bonds is 3. The van der Waals surface area contributed by atoms with Gasteiger partial charge in [-0.25, -0.2) is 4.39 Å². The average molecular weight is 290 g/mol. The maximum absolute atomic E-state index is 13.8. The van der Waals surface area contributed by atoms with Gasteiger partial charge in [0.25, 0.3) is 5.89 Å². The van der Waals surface area contributed by atoms with Gasteiger partial charge in [-0.3, -0.25) is 0 Å². The highest BCUT2D eigenvalue weighted by Gasteiger charge is 2.27. The third kappa shape index (κ3) is 2.77. The molecule has 0 radical (unpaired) electrons. The van der Waals surface area contributed by atoms with Crippen LogP contribution in [-0.2, 0) is 0 Å². The lowest BCUT2D eigenvalue weighted by Gasteiger charge is -2.26. The second-order valence-electron chi connectivity index (χ2n) is 5.73. The lowest BCUT2D eigenvalue weighted by Crippen LogP contribution is -2.14. The largest absolute Gasteiger partial charge is 0.507 e. The van der Waals surface area contributed by atoms with E-state index in [9.17, 15) is 9.50 Å². The van der Waals surface area contributed by atoms with Crippen LogP contribution in [0.1, 0.15) is 50.8 Å². The van der Waals surface area contributed by atoms with Gasteiger partial charge >= 0.3 is 0 Å². The predicted molar refractivity (Wildman–Crippen MR) is 76.3 cm³/mol. The molecule has 21 heavy (non-hydrogen) atoms. The SMILES string of the molecule is CCC1CCCC(c2noc(-c3c(O)cccc3F)n2)C1. The molecule has 0 amide bonds. The molecular formula is C16H19FN2O2. The second-order valence-corrected chi connectivity index (χ2v) is 5.73. The summed E-state index contributed by atoms with van der Waals surface area (Å²) in [6.07, 6.45) is 5.68. The molecule has 1 aliphatic carbocycles. The van der Waals surface area contributed by atoms with Crippen molar-refractivity contribution < 1.29 is 14.0 Å². The van der Waals surface area contributed by atoms with Crippen LogP contribution in [0, 0.1) is 11.7 Å². The topological polar surface area (TPSA) is 59.2 Å². The third-order valence-corrected chi connectivity index (χ3v) is 4.37. The van der Waals surface area contributed by atoms with Crippen LogP contribution in [0.3, 0.4) is 0 Å². The molecule has 0 spiro atoms. The number of aromatic hydroxyl groups is 1. The fraction of sp³-hybridized carbons (Fsp3) is 0.500. The molecule has 1 fully saturated rings. The van der Waals surface area contributed by atoms with E-state index >= 15 is 0 Å². The van der Waals surface area contributed by atoms with Gasteiger partial charge in [-0.15, -0.1) is 0 Å². The van der Waals surface area contributed by atoms with Crippen LogP contribution < -0.4 is 0 Å². The van der Waals surface area contributed by atoms with Crippen molar-refractivity contribution in [2.45, 2.75) is 44.9 Å². The van der Waals surface area contributed by atoms with Crippen molar-refractivity contribution >= 4 is 0 Å². The molecular weight excluding hydrogens is 271 g/mol. The molecule has 0 bridgehead atoms. The summed E-state index contributed by atoms with van der Waals surface area (Å²) >= 11 is 0. The summed E-state index contributed by atoms with van der Waals surface area (Å²) in [6.45, 7) is 2.20. The molecule has 2 aromatic rings. The van der Waals surface area contributed by atoms with Gasteiger partial charge < -0.3 is 9.63 Å². The lowest BCUT2D eigenvalue weighted by molar-refractivity contribution is 0.300. The van der Waals surface area contributed by atoms with Gasteiger partial charge in [-0.2, -0.15) is 4.98 Å². The molecule has 3 rings (SSSR count). The van der Waals surface area contributed by atoms with Gasteiger partial charge in [-0.1, -0.05) is 37.4 Å². The fourth-order valence-corrected chi connectivity index (χ4v) is 3.12. The number of hydrogen-bond acceptors (Lipinski definition) is 4. The molecule has 2 unspecified atom stereocenters. The Hall–Kier alpha value is -1.91. The molecule has 5 heteroatoms. The van der Waals surface area contributed by atoms with E-state index in [2.05, 4.69) is 17.1 Å². The van der Waals surface area contributed by atoms with Crippen molar-refractivity contribution in [3.8, 4) is 17.2 Å². The first-order valence-electron chi connectivity index (χ1n) is 7.50. The van der Waals surface area contributed by atoms with E-state index in [0.29, 0.717) is 11.7 Å². The molecule has 112 valence electrons. The van der Waals surface area contributed by atoms with Crippen LogP contribution in [0.15, 0.2) is 22.7 Å². The van der Waals surface area contributed by atoms with Crippen LogP contribution in [0.5, 0.6) is 5.75 Å². The third-order valence-electron chi connectivity index (χ3n) is 4.37. The summed E-state index contributed by atoms with van der Waals surface area (Å²) in [5, 5.41) is 13.8. The van der Waals surface area contributed by atoms with Crippen molar-refractivity contribution in [1.29, 1.82) is 0 Å². The molecule has 1 aliphatic rings. The number of halogens is 1. The van der Waals surface area contributed by atoms with Gasteiger partial charge in [0.05, 0.1) is 0 Å². The van der Waals surface area contributed by atoms with E-state index in [-0.39, 0.29) is 23.1 Å². The zero-order valence-electron chi connectivity index (χ0n) is 12.1. The summed E-state index contributed by atoms with van der Waals surface area (Å²) < 4.78 is 19.0. The Balaban J connectivity index is 1.86. The van der Waals surface area contributed by atoms with Gasteiger partial charge in [0, 0.05) is 5.92 Å². The van der Waals surface area contributed by atoms with Crippen LogP contribution in [0.4, 0.5) is 4.39 Å². The normalized spacial score (nSPS) is 22.4. The van der Waals surface area contributed by atoms with E-state index in [1.54, 1.807) is 0 Å². The van der Waals surface area contributed by atoms with Gasteiger partial charge in [0.1, 0.15) is 17.1 Å². The minimum atomic E-state index is -0.555. The van der Waals surface area contributed by atoms with E-state index in [1.165, 1.54) is 24.6 Å². The smallest absolute Gasteiger partial charge is 0.264 e. The van der Waals surface area contributed by atoms with E-state index < -0.39 is 5.82 Å². The molecule has 0 saturated heterocycles. The molecule has 0 aliphatic heterocycles. The van der Waals surface area contributed by atoms with Gasteiger partial charge in [-0.05, 0) is 30.9 Å². The Morgan fingerprint density at radius 1 is 1.38 bits per heavy atom. The highest BCUT2D eigenvalue weighted by atomic mass is 19.1. The maximum atomic E-state index is 13.8. The van der Waals surface area contributed by atoms with Crippen molar-refractivity contribution in [1.82, 2.24) is 10.1 Å². The van der Waals surface area contributed by atoms with Crippen molar-refractivity contribution in [2.75, 3.05) is 0 Å². The first-order chi connectivity index (χ1) is 10.2. The van der Waals surface area contributed by atoms with E-state index in [4.69, 9.17) is 4.52 Å². The number of phenols is 1. The Morgan fingerprint density at radius 2 is 2.24 bits per heavy atom. The zero-order valence-corrected chi connectivity index (χ0v) is 12.1. The minimum absolute atomic E-state index is 0.0147. The number of hydrogen-bond donors (Lipinski definition) is 1. The molecule has 1 aromatic carbocycles. The van der Waals surface area contributed by atoms with Crippen molar-refractivity contribution in [2.24, 2.45) is 5.92 Å². The quantitative estimate of drug-likeness (QED) is 0.917. The molecule has 4 nitrogen and oxygen atoms in total. The predicted octanol–water partition coefficient (Wildman–Crippen LogP) is 4.27. The molecule has 1 heterocycles. The monoisotopic (exact) mass is 290 g/mol. The van der Waals surface area contributed by atoms with Crippen LogP contribution in [0.25, 0.3) is 11.5 Å². The summed E-state index contributed by atoms with van der Waals surface area (Å²) in [6, 6.07) is 4.13. The van der Waals surface area contributed by atoms with Gasteiger partial charge in [0.15, 0.2) is 5.82 Å². The average Bonchev–Trinajstić information content (AvgIpc) is 2.97. The number of phenolic OH excluding ortho intramolecular Hbond substituents is 1. The summed E-state index contributed by atoms with van der Waals surface area (Å²) in [4.78, 5) is 4.32. The van der Waals surface area contributed by atoms with Crippen LogP contribution in [0.2, 0.25) is 0 Å². The Morgan fingerprint density at radius 3 is 3.00 bits per heavy atom. The molecule has 1 saturated carbocycles. The Labute approximate surface area is 123 Å². The maximum Gasteiger partial charge on any atom is 0.264 e. The van der Waals surface area contributed by atoms with Crippen LogP contribution >= 0.6 is 0 Å². The highest BCUT2D eigenvalue weighted by Crippen LogP contribution is 2.38. The van der Waals surface area contributed by atoms with E-state index in [0.717, 1.165) is 25.7 Å². The summed E-state index contributed by atoms with van der Waals surface area (Å²) in [5.41, 5.74) is -0.0147. The highest BCUT2D eigenvalue weighted by molar-refractivity contribution is 5.62. The second kappa shape index (κ2) is 5.84. The van der Waals surface area contributed by atoms with Crippen molar-refractivity contribution in [3.05, 3.63) is 29.8 Å². The zero-order chi connectivity index (χ0) is 14.8. The van der Waals surface area contributed by atoms with Crippen molar-refractivity contribution in [3.63, 3.8) is 0 Å². The summed E-state index contributed by atoms with van der Waals surface area (Å²) in [7, 11) is 0. The lowest BCUT2D eigenvalue weighted by atomic mass is 9.80. The Bertz CT molecular complexity index is 606. The fourth-order valence-electron chi connectivity index (χ4n) is 3.12. The molecule has 2 atom stereocenters. The molecule has 1 aromatic heterocycles. The number of benzene rings is 1. The van der Waals surface area contributed by atoms with Gasteiger partial charge in [0.2, 0.25) is 0 Å². The number of nitrogens with zero attached hydrogens (tertiary/aromatic N) is 2. The molecule has 1 N–H and O–H groups in total. The first kappa shape index (κ1) is 14.0.